The summed E-state index contributed by atoms with van der Waals surface area (Å²) in [6.45, 7) is 3.91. The molecule has 2 aromatic carbocycles. The molecule has 2 nitrogen and oxygen atoms in total. The molecule has 3 rings (SSSR count). The Morgan fingerprint density at radius 2 is 1.50 bits per heavy atom. The van der Waals surface area contributed by atoms with E-state index in [0.717, 1.165) is 11.1 Å². The molecule has 4 unspecified atom stereocenters. The van der Waals surface area contributed by atoms with Crippen molar-refractivity contribution in [3.8, 4) is 0 Å². The summed E-state index contributed by atoms with van der Waals surface area (Å²) < 4.78 is 0. The molecule has 1 fully saturated rings. The SMILES string of the molecule is CCC(=O)C1C(c2ccccc2)CC(=O)C(C)C1c1ccccc1. The minimum Gasteiger partial charge on any atom is -0.299 e. The van der Waals surface area contributed by atoms with Crippen molar-refractivity contribution in [3.05, 3.63) is 71.8 Å². The van der Waals surface area contributed by atoms with Crippen LogP contribution in [0.5, 0.6) is 0 Å². The molecule has 0 heterocycles. The molecule has 0 aliphatic heterocycles. The molecule has 4 atom stereocenters. The number of rotatable bonds is 4. The van der Waals surface area contributed by atoms with Crippen molar-refractivity contribution >= 4 is 11.6 Å². The number of ketones is 2. The smallest absolute Gasteiger partial charge is 0.136 e. The molecule has 0 amide bonds. The van der Waals surface area contributed by atoms with E-state index in [1.165, 1.54) is 0 Å². The Balaban J connectivity index is 2.09. The van der Waals surface area contributed by atoms with Gasteiger partial charge in [0.2, 0.25) is 0 Å². The standard InChI is InChI=1S/C22H24O2/c1-3-19(23)22-18(16-10-6-4-7-11-16)14-20(24)15(2)21(22)17-12-8-5-9-13-17/h4-13,15,18,21-22H,3,14H2,1-2H3. The highest BCUT2D eigenvalue weighted by molar-refractivity contribution is 5.90. The fourth-order valence-electron chi connectivity index (χ4n) is 4.15. The predicted octanol–water partition coefficient (Wildman–Crippen LogP) is 4.76. The van der Waals surface area contributed by atoms with Gasteiger partial charge in [-0.1, -0.05) is 74.5 Å². The monoisotopic (exact) mass is 320 g/mol. The average molecular weight is 320 g/mol. The second-order valence-corrected chi connectivity index (χ2v) is 6.76. The first-order valence-electron chi connectivity index (χ1n) is 8.78. The summed E-state index contributed by atoms with van der Waals surface area (Å²) in [5.41, 5.74) is 2.20. The molecule has 0 saturated heterocycles. The van der Waals surface area contributed by atoms with Gasteiger partial charge >= 0.3 is 0 Å². The van der Waals surface area contributed by atoms with Gasteiger partial charge in [-0.15, -0.1) is 0 Å². The van der Waals surface area contributed by atoms with Crippen LogP contribution in [-0.2, 0) is 9.59 Å². The molecule has 0 bridgehead atoms. The van der Waals surface area contributed by atoms with E-state index < -0.39 is 0 Å². The maximum absolute atomic E-state index is 12.9. The third-order valence-electron chi connectivity index (χ3n) is 5.42. The van der Waals surface area contributed by atoms with Crippen LogP contribution in [0.3, 0.4) is 0 Å². The minimum atomic E-state index is -0.132. The first kappa shape index (κ1) is 16.6. The molecule has 124 valence electrons. The normalized spacial score (nSPS) is 27.0. The van der Waals surface area contributed by atoms with Gasteiger partial charge in [0.25, 0.3) is 0 Å². The molecule has 1 aliphatic rings. The summed E-state index contributed by atoms with van der Waals surface area (Å²) in [6.07, 6.45) is 0.975. The quantitative estimate of drug-likeness (QED) is 0.814. The Morgan fingerprint density at radius 3 is 2.04 bits per heavy atom. The van der Waals surface area contributed by atoms with E-state index in [2.05, 4.69) is 12.1 Å². The van der Waals surface area contributed by atoms with Crippen molar-refractivity contribution in [2.24, 2.45) is 11.8 Å². The van der Waals surface area contributed by atoms with E-state index in [0.29, 0.717) is 12.8 Å². The molecule has 1 saturated carbocycles. The van der Waals surface area contributed by atoms with Crippen LogP contribution in [0, 0.1) is 11.8 Å². The number of hydrogen-bond donors (Lipinski definition) is 0. The van der Waals surface area contributed by atoms with Crippen LogP contribution in [0.15, 0.2) is 60.7 Å². The van der Waals surface area contributed by atoms with Gasteiger partial charge in [0, 0.05) is 36.5 Å². The van der Waals surface area contributed by atoms with Gasteiger partial charge in [-0.3, -0.25) is 9.59 Å². The molecule has 0 spiro atoms. The summed E-state index contributed by atoms with van der Waals surface area (Å²) in [7, 11) is 0. The zero-order chi connectivity index (χ0) is 17.1. The molecule has 0 aromatic heterocycles. The van der Waals surface area contributed by atoms with Gasteiger partial charge in [0.05, 0.1) is 0 Å². The van der Waals surface area contributed by atoms with Crippen molar-refractivity contribution < 1.29 is 9.59 Å². The third kappa shape index (κ3) is 3.06. The fourth-order valence-corrected chi connectivity index (χ4v) is 4.15. The van der Waals surface area contributed by atoms with Gasteiger partial charge in [0.15, 0.2) is 0 Å². The van der Waals surface area contributed by atoms with E-state index in [-0.39, 0.29) is 35.2 Å². The maximum Gasteiger partial charge on any atom is 0.136 e. The van der Waals surface area contributed by atoms with E-state index >= 15 is 0 Å². The molecule has 0 radical (unpaired) electrons. The van der Waals surface area contributed by atoms with Crippen molar-refractivity contribution in [1.29, 1.82) is 0 Å². The lowest BCUT2D eigenvalue weighted by molar-refractivity contribution is -0.132. The summed E-state index contributed by atoms with van der Waals surface area (Å²) >= 11 is 0. The van der Waals surface area contributed by atoms with Crippen LogP contribution in [0.4, 0.5) is 0 Å². The molecular weight excluding hydrogens is 296 g/mol. The second-order valence-electron chi connectivity index (χ2n) is 6.76. The van der Waals surface area contributed by atoms with Gasteiger partial charge < -0.3 is 0 Å². The largest absolute Gasteiger partial charge is 0.299 e. The zero-order valence-electron chi connectivity index (χ0n) is 14.3. The van der Waals surface area contributed by atoms with E-state index in [1.807, 2.05) is 62.4 Å². The molecular formula is C22H24O2. The van der Waals surface area contributed by atoms with Gasteiger partial charge in [-0.2, -0.15) is 0 Å². The first-order valence-corrected chi connectivity index (χ1v) is 8.78. The Labute approximate surface area is 143 Å². The minimum absolute atomic E-state index is 0.0208. The highest BCUT2D eigenvalue weighted by atomic mass is 16.1. The third-order valence-corrected chi connectivity index (χ3v) is 5.42. The van der Waals surface area contributed by atoms with E-state index in [1.54, 1.807) is 0 Å². The maximum atomic E-state index is 12.9. The topological polar surface area (TPSA) is 34.1 Å². The Morgan fingerprint density at radius 1 is 0.958 bits per heavy atom. The number of Topliss-reactive ketones (excluding diaryl/α,β-unsaturated/α-hetero) is 2. The fraction of sp³-hybridized carbons (Fsp3) is 0.364. The molecule has 1 aliphatic carbocycles. The molecule has 24 heavy (non-hydrogen) atoms. The van der Waals surface area contributed by atoms with Crippen LogP contribution < -0.4 is 0 Å². The van der Waals surface area contributed by atoms with E-state index in [9.17, 15) is 9.59 Å². The first-order chi connectivity index (χ1) is 11.6. The average Bonchev–Trinajstić information content (AvgIpc) is 2.64. The lowest BCUT2D eigenvalue weighted by Crippen LogP contribution is -2.40. The lowest BCUT2D eigenvalue weighted by Gasteiger charge is -2.41. The number of carbonyl (C=O) groups is 2. The van der Waals surface area contributed by atoms with Crippen molar-refractivity contribution in [3.63, 3.8) is 0 Å². The zero-order valence-corrected chi connectivity index (χ0v) is 14.3. The lowest BCUT2D eigenvalue weighted by atomic mass is 9.61. The van der Waals surface area contributed by atoms with Crippen molar-refractivity contribution in [2.45, 2.75) is 38.5 Å². The van der Waals surface area contributed by atoms with Gasteiger partial charge in [-0.25, -0.2) is 0 Å². The Kier molecular flexibility index (Phi) is 4.94. The van der Waals surface area contributed by atoms with Crippen molar-refractivity contribution in [2.75, 3.05) is 0 Å². The van der Waals surface area contributed by atoms with E-state index in [4.69, 9.17) is 0 Å². The van der Waals surface area contributed by atoms with Crippen LogP contribution >= 0.6 is 0 Å². The number of carbonyl (C=O) groups excluding carboxylic acids is 2. The Bertz CT molecular complexity index is 705. The second kappa shape index (κ2) is 7.12. The number of benzene rings is 2. The summed E-state index contributed by atoms with van der Waals surface area (Å²) in [6, 6.07) is 20.1. The van der Waals surface area contributed by atoms with Crippen LogP contribution in [0.2, 0.25) is 0 Å². The summed E-state index contributed by atoms with van der Waals surface area (Å²) in [4.78, 5) is 25.6. The Hall–Kier alpha value is -2.22. The summed E-state index contributed by atoms with van der Waals surface area (Å²) in [5.74, 6) is 0.216. The van der Waals surface area contributed by atoms with Crippen molar-refractivity contribution in [1.82, 2.24) is 0 Å². The van der Waals surface area contributed by atoms with Crippen LogP contribution in [0.1, 0.15) is 49.7 Å². The van der Waals surface area contributed by atoms with Crippen LogP contribution in [-0.4, -0.2) is 11.6 Å². The molecule has 0 N–H and O–H groups in total. The highest BCUT2D eigenvalue weighted by Gasteiger charge is 2.45. The molecule has 2 aromatic rings. The predicted molar refractivity (Wildman–Crippen MR) is 95.9 cm³/mol. The van der Waals surface area contributed by atoms with Gasteiger partial charge in [0.1, 0.15) is 11.6 Å². The highest BCUT2D eigenvalue weighted by Crippen LogP contribution is 2.48. The van der Waals surface area contributed by atoms with Crippen LogP contribution in [0.25, 0.3) is 0 Å². The van der Waals surface area contributed by atoms with Gasteiger partial charge in [-0.05, 0) is 11.1 Å². The summed E-state index contributed by atoms with van der Waals surface area (Å²) in [5, 5.41) is 0. The molecule has 2 heteroatoms. The number of hydrogen-bond acceptors (Lipinski definition) is 2.